The highest BCUT2D eigenvalue weighted by Crippen LogP contribution is 2.39. The van der Waals surface area contributed by atoms with Gasteiger partial charge in [0.15, 0.2) is 5.65 Å². The quantitative estimate of drug-likeness (QED) is 0.802. The Morgan fingerprint density at radius 1 is 1.30 bits per heavy atom. The molecular weight excluding hydrogens is 292 g/mol. The Morgan fingerprint density at radius 2 is 2.13 bits per heavy atom. The first-order chi connectivity index (χ1) is 11.3. The van der Waals surface area contributed by atoms with E-state index in [9.17, 15) is 0 Å². The predicted octanol–water partition coefficient (Wildman–Crippen LogP) is 3.28. The molecule has 3 aromatic rings. The lowest BCUT2D eigenvalue weighted by Gasteiger charge is -2.28. The molecule has 1 aliphatic rings. The smallest absolute Gasteiger partial charge is 0.178 e. The third kappa shape index (κ3) is 2.47. The van der Waals surface area contributed by atoms with Crippen LogP contribution in [0.5, 0.6) is 5.75 Å². The number of hydrogen-bond acceptors (Lipinski definition) is 4. The molecule has 4 rings (SSSR count). The highest BCUT2D eigenvalue weighted by atomic mass is 16.5. The fourth-order valence-corrected chi connectivity index (χ4v) is 3.74. The summed E-state index contributed by atoms with van der Waals surface area (Å²) in [5, 5.41) is 12.8. The van der Waals surface area contributed by atoms with Crippen LogP contribution >= 0.6 is 0 Å². The van der Waals surface area contributed by atoms with Gasteiger partial charge in [0, 0.05) is 7.11 Å². The van der Waals surface area contributed by atoms with E-state index >= 15 is 0 Å². The van der Waals surface area contributed by atoms with Crippen LogP contribution in [-0.2, 0) is 4.74 Å². The summed E-state index contributed by atoms with van der Waals surface area (Å²) < 4.78 is 13.2. The topological polar surface area (TPSA) is 64.4 Å². The second-order valence-corrected chi connectivity index (χ2v) is 6.20. The number of H-pyrrole nitrogens is 1. The summed E-state index contributed by atoms with van der Waals surface area (Å²) in [6, 6.07) is 2.19. The summed E-state index contributed by atoms with van der Waals surface area (Å²) in [4.78, 5) is 0. The molecule has 1 aliphatic carbocycles. The Balaban J connectivity index is 1.81. The van der Waals surface area contributed by atoms with E-state index in [1.165, 1.54) is 5.56 Å². The molecule has 1 N–H and O–H groups in total. The molecule has 3 heterocycles. The number of fused-ring (bicyclic) bond motifs is 3. The molecule has 122 valence electrons. The number of aromatic nitrogens is 4. The minimum absolute atomic E-state index is 0.399. The van der Waals surface area contributed by atoms with Crippen LogP contribution in [0.3, 0.4) is 0 Å². The molecule has 0 spiro atoms. The molecule has 0 saturated heterocycles. The van der Waals surface area contributed by atoms with E-state index in [0.717, 1.165) is 48.0 Å². The molecule has 0 atom stereocenters. The van der Waals surface area contributed by atoms with Gasteiger partial charge in [-0.15, -0.1) is 5.10 Å². The molecule has 0 bridgehead atoms. The van der Waals surface area contributed by atoms with Gasteiger partial charge in [-0.05, 0) is 50.2 Å². The van der Waals surface area contributed by atoms with E-state index in [0.29, 0.717) is 18.6 Å². The lowest BCUT2D eigenvalue weighted by atomic mass is 9.82. The fraction of sp³-hybridized carbons (Fsp3) is 0.529. The zero-order valence-electron chi connectivity index (χ0n) is 13.6. The van der Waals surface area contributed by atoms with E-state index in [2.05, 4.69) is 21.4 Å². The van der Waals surface area contributed by atoms with E-state index in [-0.39, 0.29) is 0 Å². The van der Waals surface area contributed by atoms with Crippen molar-refractivity contribution in [2.45, 2.75) is 44.6 Å². The average molecular weight is 314 g/mol. The molecule has 0 aliphatic heterocycles. The van der Waals surface area contributed by atoms with Crippen LogP contribution in [0.2, 0.25) is 0 Å². The molecule has 1 fully saturated rings. The molecule has 23 heavy (non-hydrogen) atoms. The number of nitrogens with zero attached hydrogens (tertiary/aromatic N) is 3. The first kappa shape index (κ1) is 14.5. The van der Waals surface area contributed by atoms with Crippen LogP contribution in [0.25, 0.3) is 16.6 Å². The van der Waals surface area contributed by atoms with Gasteiger partial charge in [0.25, 0.3) is 0 Å². The Bertz CT molecular complexity index is 815. The van der Waals surface area contributed by atoms with Gasteiger partial charge in [-0.3, -0.25) is 5.10 Å². The number of aromatic amines is 1. The SMILES string of the molecule is CCOc1cc([C@H]2CC[C@H](OC)CC2)c2c3cn[nH]c3nn2c1. The summed E-state index contributed by atoms with van der Waals surface area (Å²) >= 11 is 0. The molecule has 0 amide bonds. The zero-order valence-corrected chi connectivity index (χ0v) is 13.6. The maximum absolute atomic E-state index is 5.75. The molecule has 6 heteroatoms. The molecule has 1 saturated carbocycles. The van der Waals surface area contributed by atoms with Crippen molar-refractivity contribution >= 4 is 16.6 Å². The van der Waals surface area contributed by atoms with Crippen LogP contribution in [0.15, 0.2) is 18.5 Å². The Kier molecular flexibility index (Phi) is 3.69. The number of nitrogens with one attached hydrogen (secondary N) is 1. The fourth-order valence-electron chi connectivity index (χ4n) is 3.74. The summed E-state index contributed by atoms with van der Waals surface area (Å²) in [5.74, 6) is 1.39. The predicted molar refractivity (Wildman–Crippen MR) is 88.0 cm³/mol. The maximum atomic E-state index is 5.75. The van der Waals surface area contributed by atoms with E-state index < -0.39 is 0 Å². The zero-order chi connectivity index (χ0) is 15.8. The van der Waals surface area contributed by atoms with Crippen molar-refractivity contribution in [2.24, 2.45) is 0 Å². The molecule has 6 nitrogen and oxygen atoms in total. The van der Waals surface area contributed by atoms with Gasteiger partial charge in [-0.1, -0.05) is 0 Å². The van der Waals surface area contributed by atoms with Gasteiger partial charge in [-0.25, -0.2) is 4.52 Å². The minimum Gasteiger partial charge on any atom is -0.492 e. The number of ether oxygens (including phenoxy) is 2. The van der Waals surface area contributed by atoms with Crippen molar-refractivity contribution in [1.82, 2.24) is 19.8 Å². The molecular formula is C17H22N4O2. The van der Waals surface area contributed by atoms with Crippen molar-refractivity contribution in [1.29, 1.82) is 0 Å². The largest absolute Gasteiger partial charge is 0.492 e. The maximum Gasteiger partial charge on any atom is 0.178 e. The summed E-state index contributed by atoms with van der Waals surface area (Å²) in [5.41, 5.74) is 3.29. The van der Waals surface area contributed by atoms with E-state index in [4.69, 9.17) is 9.47 Å². The number of rotatable bonds is 4. The molecule has 0 unspecified atom stereocenters. The third-order valence-electron chi connectivity index (χ3n) is 4.89. The lowest BCUT2D eigenvalue weighted by Crippen LogP contribution is -2.19. The summed E-state index contributed by atoms with van der Waals surface area (Å²) in [7, 11) is 1.81. The molecule has 0 radical (unpaired) electrons. The second kappa shape index (κ2) is 5.85. The van der Waals surface area contributed by atoms with Crippen LogP contribution in [0.4, 0.5) is 0 Å². The van der Waals surface area contributed by atoms with Crippen LogP contribution in [-0.4, -0.2) is 39.6 Å². The number of methoxy groups -OCH3 is 1. The van der Waals surface area contributed by atoms with Crippen LogP contribution in [0, 0.1) is 0 Å². The van der Waals surface area contributed by atoms with Gasteiger partial charge < -0.3 is 9.47 Å². The highest BCUT2D eigenvalue weighted by molar-refractivity contribution is 5.94. The number of pyridine rings is 1. The normalized spacial score (nSPS) is 22.0. The number of hydrogen-bond donors (Lipinski definition) is 1. The Morgan fingerprint density at radius 3 is 2.87 bits per heavy atom. The van der Waals surface area contributed by atoms with Crippen molar-refractivity contribution in [3.63, 3.8) is 0 Å². The van der Waals surface area contributed by atoms with Crippen molar-refractivity contribution in [3.05, 3.63) is 24.0 Å². The first-order valence-electron chi connectivity index (χ1n) is 8.31. The van der Waals surface area contributed by atoms with Gasteiger partial charge in [-0.2, -0.15) is 5.10 Å². The van der Waals surface area contributed by atoms with E-state index in [1.54, 1.807) is 0 Å². The van der Waals surface area contributed by atoms with Crippen molar-refractivity contribution in [3.8, 4) is 5.75 Å². The standard InChI is InChI=1S/C17H22N4O2/c1-3-23-13-8-14(11-4-6-12(22-2)7-5-11)16-15-9-18-19-17(15)20-21(16)10-13/h8-12H,3-7H2,1-2H3,(H,19,20)/t11-,12-. The summed E-state index contributed by atoms with van der Waals surface area (Å²) in [6.07, 6.45) is 8.70. The highest BCUT2D eigenvalue weighted by Gasteiger charge is 2.26. The first-order valence-corrected chi connectivity index (χ1v) is 8.31. The van der Waals surface area contributed by atoms with Gasteiger partial charge in [0.05, 0.1) is 36.0 Å². The molecule has 3 aromatic heterocycles. The van der Waals surface area contributed by atoms with Gasteiger partial charge in [0.1, 0.15) is 5.75 Å². The summed E-state index contributed by atoms with van der Waals surface area (Å²) in [6.45, 7) is 2.66. The Hall–Kier alpha value is -2.08. The minimum atomic E-state index is 0.399. The average Bonchev–Trinajstić information content (AvgIpc) is 3.15. The van der Waals surface area contributed by atoms with Crippen LogP contribution < -0.4 is 4.74 Å². The van der Waals surface area contributed by atoms with Gasteiger partial charge in [0.2, 0.25) is 0 Å². The molecule has 0 aromatic carbocycles. The Labute approximate surface area is 134 Å². The lowest BCUT2D eigenvalue weighted by molar-refractivity contribution is 0.0659. The monoisotopic (exact) mass is 314 g/mol. The second-order valence-electron chi connectivity index (χ2n) is 6.20. The van der Waals surface area contributed by atoms with Crippen molar-refractivity contribution < 1.29 is 9.47 Å². The van der Waals surface area contributed by atoms with E-state index in [1.807, 2.05) is 30.9 Å². The third-order valence-corrected chi connectivity index (χ3v) is 4.89. The van der Waals surface area contributed by atoms with Gasteiger partial charge >= 0.3 is 0 Å². The van der Waals surface area contributed by atoms with Crippen LogP contribution in [0.1, 0.15) is 44.1 Å². The van der Waals surface area contributed by atoms with Crippen molar-refractivity contribution in [2.75, 3.05) is 13.7 Å².